The maximum Gasteiger partial charge on any atom is 0.0836 e. The Morgan fingerprint density at radius 2 is 1.50 bits per heavy atom. The first-order valence-corrected chi connectivity index (χ1v) is 8.28. The van der Waals surface area contributed by atoms with Gasteiger partial charge in [0, 0.05) is 0 Å². The van der Waals surface area contributed by atoms with E-state index in [-0.39, 0.29) is 6.15 Å². The van der Waals surface area contributed by atoms with Gasteiger partial charge in [0.15, 0.2) is 0 Å². The minimum absolute atomic E-state index is 0. The summed E-state index contributed by atoms with van der Waals surface area (Å²) in [4.78, 5) is 0. The summed E-state index contributed by atoms with van der Waals surface area (Å²) in [7, 11) is -1.01. The molecule has 1 nitrogen and oxygen atoms in total. The fourth-order valence-electron chi connectivity index (χ4n) is 2.46. The van der Waals surface area contributed by atoms with Crippen molar-refractivity contribution in [2.75, 3.05) is 0 Å². The molecule has 0 bridgehead atoms. The molecule has 1 aromatic carbocycles. The molecule has 0 amide bonds. The van der Waals surface area contributed by atoms with Crippen LogP contribution in [-0.4, -0.2) is 8.07 Å². The summed E-state index contributed by atoms with van der Waals surface area (Å²) in [5.41, 5.74) is 0. The largest absolute Gasteiger partial charge is 0.344 e. The van der Waals surface area contributed by atoms with E-state index >= 15 is 0 Å². The summed E-state index contributed by atoms with van der Waals surface area (Å²) in [5, 5.41) is 1.68. The quantitative estimate of drug-likeness (QED) is 0.704. The molecule has 3 N–H and O–H groups in total. The van der Waals surface area contributed by atoms with E-state index in [0.717, 1.165) is 0 Å². The van der Waals surface area contributed by atoms with Crippen LogP contribution in [0.15, 0.2) is 30.3 Å². The van der Waals surface area contributed by atoms with Crippen LogP contribution in [0.4, 0.5) is 0 Å². The molecule has 0 saturated carbocycles. The Morgan fingerprint density at radius 3 is 2.07 bits per heavy atom. The summed E-state index contributed by atoms with van der Waals surface area (Å²) in [5.74, 6) is 0. The maximum absolute atomic E-state index is 2.56. The molecule has 0 spiro atoms. The van der Waals surface area contributed by atoms with E-state index in [0.29, 0.717) is 0 Å². The Kier molecular flexibility index (Phi) is 3.90. The Hall–Kier alpha value is -0.603. The van der Waals surface area contributed by atoms with E-state index in [4.69, 9.17) is 0 Å². The van der Waals surface area contributed by atoms with Crippen LogP contribution in [0.2, 0.25) is 18.6 Å². The molecular formula is C12H21NSi. The Labute approximate surface area is 88.1 Å². The van der Waals surface area contributed by atoms with Crippen LogP contribution in [0.5, 0.6) is 0 Å². The van der Waals surface area contributed by atoms with Gasteiger partial charge in [-0.05, 0) is 0 Å². The maximum atomic E-state index is 2.56. The normalized spacial score (nSPS) is 19.8. The van der Waals surface area contributed by atoms with Crippen molar-refractivity contribution in [1.29, 1.82) is 0 Å². The number of rotatable bonds is 1. The zero-order valence-corrected chi connectivity index (χ0v) is 10.1. The highest BCUT2D eigenvalue weighted by Gasteiger charge is 2.30. The summed E-state index contributed by atoms with van der Waals surface area (Å²) >= 11 is 0. The molecule has 0 unspecified atom stereocenters. The van der Waals surface area contributed by atoms with Crippen LogP contribution in [0.25, 0.3) is 0 Å². The summed E-state index contributed by atoms with van der Waals surface area (Å²) in [6.07, 6.45) is 4.41. The third-order valence-corrected chi connectivity index (χ3v) is 8.07. The number of benzene rings is 1. The van der Waals surface area contributed by atoms with E-state index in [2.05, 4.69) is 36.9 Å². The van der Waals surface area contributed by atoms with Crippen molar-refractivity contribution >= 4 is 13.3 Å². The van der Waals surface area contributed by atoms with Crippen molar-refractivity contribution in [3.63, 3.8) is 0 Å². The lowest BCUT2D eigenvalue weighted by atomic mass is 10.3. The highest BCUT2D eigenvalue weighted by Crippen LogP contribution is 2.27. The van der Waals surface area contributed by atoms with Crippen molar-refractivity contribution in [1.82, 2.24) is 6.15 Å². The van der Waals surface area contributed by atoms with Gasteiger partial charge in [-0.1, -0.05) is 73.4 Å². The van der Waals surface area contributed by atoms with Crippen LogP contribution >= 0.6 is 0 Å². The lowest BCUT2D eigenvalue weighted by Crippen LogP contribution is -2.45. The highest BCUT2D eigenvalue weighted by atomic mass is 28.3. The lowest BCUT2D eigenvalue weighted by Gasteiger charge is -2.31. The Bertz CT molecular complexity index is 265. The second kappa shape index (κ2) is 4.76. The Balaban J connectivity index is 0.000000980. The standard InChI is InChI=1S/C12H18Si.H3N/c1-13(10-6-3-7-11-13)12-8-4-2-5-9-12;/h2,4-5,8-9H,3,6-7,10-11H2,1H3;1H3. The summed E-state index contributed by atoms with van der Waals surface area (Å²) in [6, 6.07) is 14.2. The van der Waals surface area contributed by atoms with Gasteiger partial charge in [-0.25, -0.2) is 0 Å². The van der Waals surface area contributed by atoms with Gasteiger partial charge in [-0.15, -0.1) is 0 Å². The van der Waals surface area contributed by atoms with E-state index in [1.807, 2.05) is 0 Å². The SMILES string of the molecule is C[Si]1(c2ccccc2)CCCCC1.N. The Morgan fingerprint density at radius 1 is 0.929 bits per heavy atom. The van der Waals surface area contributed by atoms with Gasteiger partial charge in [-0.3, -0.25) is 0 Å². The minimum Gasteiger partial charge on any atom is -0.344 e. The summed E-state index contributed by atoms with van der Waals surface area (Å²) in [6.45, 7) is 2.56. The van der Waals surface area contributed by atoms with Gasteiger partial charge in [0.1, 0.15) is 0 Å². The first-order chi connectivity index (χ1) is 6.31. The predicted octanol–water partition coefficient (Wildman–Crippen LogP) is 3.32. The molecule has 0 aliphatic carbocycles. The fourth-order valence-corrected chi connectivity index (χ4v) is 6.35. The molecule has 1 aliphatic rings. The van der Waals surface area contributed by atoms with Crippen molar-refractivity contribution < 1.29 is 0 Å². The zero-order chi connectivity index (χ0) is 9.15. The fraction of sp³-hybridized carbons (Fsp3) is 0.500. The van der Waals surface area contributed by atoms with Crippen LogP contribution in [-0.2, 0) is 0 Å². The lowest BCUT2D eigenvalue weighted by molar-refractivity contribution is 0.717. The van der Waals surface area contributed by atoms with Crippen molar-refractivity contribution in [2.45, 2.75) is 37.9 Å². The third-order valence-electron chi connectivity index (χ3n) is 3.43. The van der Waals surface area contributed by atoms with Gasteiger partial charge < -0.3 is 6.15 Å². The summed E-state index contributed by atoms with van der Waals surface area (Å²) < 4.78 is 0. The molecule has 78 valence electrons. The van der Waals surface area contributed by atoms with Gasteiger partial charge in [0.2, 0.25) is 0 Å². The van der Waals surface area contributed by atoms with Gasteiger partial charge in [-0.2, -0.15) is 0 Å². The van der Waals surface area contributed by atoms with Crippen molar-refractivity contribution in [2.24, 2.45) is 0 Å². The smallest absolute Gasteiger partial charge is 0.0836 e. The molecule has 1 aliphatic heterocycles. The zero-order valence-electron chi connectivity index (χ0n) is 9.13. The van der Waals surface area contributed by atoms with E-state index in [9.17, 15) is 0 Å². The van der Waals surface area contributed by atoms with Crippen molar-refractivity contribution in [3.8, 4) is 0 Å². The average molecular weight is 207 g/mol. The topological polar surface area (TPSA) is 35.0 Å². The first kappa shape index (κ1) is 11.5. The number of hydrogen-bond acceptors (Lipinski definition) is 1. The van der Waals surface area contributed by atoms with Crippen molar-refractivity contribution in [3.05, 3.63) is 30.3 Å². The molecule has 0 aromatic heterocycles. The molecular weight excluding hydrogens is 186 g/mol. The van der Waals surface area contributed by atoms with Gasteiger partial charge in [0.25, 0.3) is 0 Å². The van der Waals surface area contributed by atoms with Crippen LogP contribution in [0.1, 0.15) is 19.3 Å². The molecule has 2 heteroatoms. The molecule has 1 heterocycles. The molecule has 1 fully saturated rings. The predicted molar refractivity (Wildman–Crippen MR) is 66.2 cm³/mol. The molecule has 1 saturated heterocycles. The molecule has 14 heavy (non-hydrogen) atoms. The van der Waals surface area contributed by atoms with Gasteiger partial charge >= 0.3 is 0 Å². The minimum atomic E-state index is -1.01. The van der Waals surface area contributed by atoms with E-state index in [1.54, 1.807) is 5.19 Å². The monoisotopic (exact) mass is 207 g/mol. The third kappa shape index (κ3) is 2.25. The molecule has 0 radical (unpaired) electrons. The van der Waals surface area contributed by atoms with Gasteiger partial charge in [0.05, 0.1) is 8.07 Å². The van der Waals surface area contributed by atoms with Crippen LogP contribution in [0.3, 0.4) is 0 Å². The average Bonchev–Trinajstić information content (AvgIpc) is 2.20. The molecule has 1 aromatic rings. The number of hydrogen-bond donors (Lipinski definition) is 1. The molecule has 2 rings (SSSR count). The van der Waals surface area contributed by atoms with Crippen LogP contribution < -0.4 is 11.3 Å². The highest BCUT2D eigenvalue weighted by molar-refractivity contribution is 6.90. The van der Waals surface area contributed by atoms with Crippen LogP contribution in [0, 0.1) is 0 Å². The van der Waals surface area contributed by atoms with E-state index in [1.165, 1.54) is 31.4 Å². The second-order valence-electron chi connectivity index (χ2n) is 4.49. The second-order valence-corrected chi connectivity index (χ2v) is 9.19. The van der Waals surface area contributed by atoms with E-state index < -0.39 is 8.07 Å². The first-order valence-electron chi connectivity index (χ1n) is 5.37. The molecule has 0 atom stereocenters.